The van der Waals surface area contributed by atoms with Gasteiger partial charge in [0, 0.05) is 0 Å². The van der Waals surface area contributed by atoms with E-state index in [1.54, 1.807) is 57.8 Å². The molecule has 0 aromatic heterocycles. The highest BCUT2D eigenvalue weighted by atomic mass is 14.5. The zero-order valence-electron chi connectivity index (χ0n) is 16.7. The Morgan fingerprint density at radius 2 is 1.52 bits per heavy atom. The van der Waals surface area contributed by atoms with Crippen molar-refractivity contribution < 1.29 is 0 Å². The van der Waals surface area contributed by atoms with Gasteiger partial charge in [0.1, 0.15) is 0 Å². The van der Waals surface area contributed by atoms with Crippen molar-refractivity contribution in [3.63, 3.8) is 0 Å². The smallest absolute Gasteiger partial charge is 0.0269 e. The van der Waals surface area contributed by atoms with Crippen LogP contribution in [-0.4, -0.2) is 0 Å². The molecule has 0 aliphatic heterocycles. The summed E-state index contributed by atoms with van der Waals surface area (Å²) in [6.45, 7) is 8.86. The van der Waals surface area contributed by atoms with Crippen LogP contribution in [0.3, 0.4) is 0 Å². The summed E-state index contributed by atoms with van der Waals surface area (Å²) >= 11 is 0. The highest BCUT2D eigenvalue weighted by Gasteiger charge is 2.48. The quantitative estimate of drug-likeness (QED) is 0.465. The standard InChI is InChI=1S/C21H38.C2H6/c1-3-18-6-4-7-19(16-18)8-5-13-21(14-15-21)20-11-9-17(2)10-12-20;1-2/h17-20H,3-16H2,1-2H3;1-2H3. The normalized spacial score (nSPS) is 36.0. The molecule has 0 aromatic carbocycles. The first-order chi connectivity index (χ1) is 11.2. The van der Waals surface area contributed by atoms with Crippen LogP contribution >= 0.6 is 0 Å². The zero-order chi connectivity index (χ0) is 16.7. The molecule has 0 aromatic rings. The predicted molar refractivity (Wildman–Crippen MR) is 104 cm³/mol. The predicted octanol–water partition coefficient (Wildman–Crippen LogP) is 8.01. The molecule has 0 saturated heterocycles. The Morgan fingerprint density at radius 1 is 0.870 bits per heavy atom. The van der Waals surface area contributed by atoms with Gasteiger partial charge in [0.25, 0.3) is 0 Å². The molecule has 3 rings (SSSR count). The molecule has 0 N–H and O–H groups in total. The lowest BCUT2D eigenvalue weighted by Gasteiger charge is -2.34. The Kier molecular flexibility index (Phi) is 7.96. The van der Waals surface area contributed by atoms with Crippen molar-refractivity contribution >= 4 is 0 Å². The lowest BCUT2D eigenvalue weighted by Crippen LogP contribution is -2.22. The second-order valence-electron chi connectivity index (χ2n) is 9.02. The van der Waals surface area contributed by atoms with Crippen LogP contribution in [0.25, 0.3) is 0 Å². The van der Waals surface area contributed by atoms with Crippen LogP contribution < -0.4 is 0 Å². The van der Waals surface area contributed by atoms with Crippen LogP contribution in [0.2, 0.25) is 0 Å². The van der Waals surface area contributed by atoms with Crippen molar-refractivity contribution in [1.82, 2.24) is 0 Å². The largest absolute Gasteiger partial charge is 0.0683 e. The molecule has 0 nitrogen and oxygen atoms in total. The SMILES string of the molecule is CC.CCC1CCCC(CCCC2(C3CCC(C)CC3)CC2)C1. The molecule has 0 heterocycles. The Balaban J connectivity index is 0.000000924. The van der Waals surface area contributed by atoms with Gasteiger partial charge in [0.2, 0.25) is 0 Å². The van der Waals surface area contributed by atoms with Crippen molar-refractivity contribution in [2.45, 2.75) is 118 Å². The van der Waals surface area contributed by atoms with Crippen molar-refractivity contribution in [3.8, 4) is 0 Å². The Bertz CT molecular complexity index is 306. The maximum absolute atomic E-state index is 2.46. The van der Waals surface area contributed by atoms with E-state index in [2.05, 4.69) is 13.8 Å². The molecule has 2 unspecified atom stereocenters. The van der Waals surface area contributed by atoms with Crippen LogP contribution in [0.5, 0.6) is 0 Å². The lowest BCUT2D eigenvalue weighted by molar-refractivity contribution is 0.174. The minimum absolute atomic E-state index is 0.846. The molecule has 0 bridgehead atoms. The zero-order valence-corrected chi connectivity index (χ0v) is 16.7. The molecule has 3 fully saturated rings. The molecule has 3 aliphatic carbocycles. The fourth-order valence-corrected chi connectivity index (χ4v) is 5.67. The second kappa shape index (κ2) is 9.47. The van der Waals surface area contributed by atoms with E-state index >= 15 is 0 Å². The molecule has 23 heavy (non-hydrogen) atoms. The van der Waals surface area contributed by atoms with E-state index in [9.17, 15) is 0 Å². The summed E-state index contributed by atoms with van der Waals surface area (Å²) in [5.41, 5.74) is 0.846. The molecule has 0 spiro atoms. The van der Waals surface area contributed by atoms with Crippen molar-refractivity contribution in [1.29, 1.82) is 0 Å². The van der Waals surface area contributed by atoms with Gasteiger partial charge >= 0.3 is 0 Å². The van der Waals surface area contributed by atoms with Crippen LogP contribution in [-0.2, 0) is 0 Å². The van der Waals surface area contributed by atoms with E-state index in [0.717, 1.165) is 29.1 Å². The van der Waals surface area contributed by atoms with Gasteiger partial charge in [-0.2, -0.15) is 0 Å². The monoisotopic (exact) mass is 320 g/mol. The second-order valence-corrected chi connectivity index (χ2v) is 9.02. The van der Waals surface area contributed by atoms with Gasteiger partial charge in [-0.1, -0.05) is 79.1 Å². The van der Waals surface area contributed by atoms with E-state index in [0.29, 0.717) is 0 Å². The summed E-state index contributed by atoms with van der Waals surface area (Å²) in [7, 11) is 0. The van der Waals surface area contributed by atoms with Gasteiger partial charge in [0.15, 0.2) is 0 Å². The first kappa shape index (κ1) is 19.3. The van der Waals surface area contributed by atoms with E-state index in [-0.39, 0.29) is 0 Å². The summed E-state index contributed by atoms with van der Waals surface area (Å²) in [6.07, 6.45) is 21.6. The summed E-state index contributed by atoms with van der Waals surface area (Å²) in [4.78, 5) is 0. The van der Waals surface area contributed by atoms with Gasteiger partial charge in [-0.05, 0) is 67.6 Å². The lowest BCUT2D eigenvalue weighted by atomic mass is 9.72. The molecule has 3 aliphatic rings. The first-order valence-corrected chi connectivity index (χ1v) is 11.2. The Hall–Kier alpha value is 0. The van der Waals surface area contributed by atoms with E-state index < -0.39 is 0 Å². The van der Waals surface area contributed by atoms with Crippen molar-refractivity contribution in [3.05, 3.63) is 0 Å². The highest BCUT2D eigenvalue weighted by Crippen LogP contribution is 2.60. The fraction of sp³-hybridized carbons (Fsp3) is 1.00. The third kappa shape index (κ3) is 5.50. The maximum Gasteiger partial charge on any atom is -0.0269 e. The maximum atomic E-state index is 2.46. The molecule has 3 saturated carbocycles. The topological polar surface area (TPSA) is 0 Å². The molecular formula is C23H44. The van der Waals surface area contributed by atoms with Gasteiger partial charge in [0.05, 0.1) is 0 Å². The van der Waals surface area contributed by atoms with Crippen LogP contribution in [0.15, 0.2) is 0 Å². The van der Waals surface area contributed by atoms with E-state index in [1.807, 2.05) is 13.8 Å². The average Bonchev–Trinajstić information content (AvgIpc) is 3.38. The third-order valence-electron chi connectivity index (χ3n) is 7.53. The highest BCUT2D eigenvalue weighted by molar-refractivity contribution is 4.99. The Labute approximate surface area is 147 Å². The third-order valence-corrected chi connectivity index (χ3v) is 7.53. The number of hydrogen-bond acceptors (Lipinski definition) is 0. The Morgan fingerprint density at radius 3 is 2.13 bits per heavy atom. The van der Waals surface area contributed by atoms with Crippen LogP contribution in [0.4, 0.5) is 0 Å². The minimum atomic E-state index is 0.846. The van der Waals surface area contributed by atoms with Crippen molar-refractivity contribution in [2.75, 3.05) is 0 Å². The average molecular weight is 321 g/mol. The molecular weight excluding hydrogens is 276 g/mol. The van der Waals surface area contributed by atoms with Gasteiger partial charge < -0.3 is 0 Å². The van der Waals surface area contributed by atoms with Crippen LogP contribution in [0, 0.1) is 29.1 Å². The number of rotatable bonds is 6. The molecule has 0 heteroatoms. The fourth-order valence-electron chi connectivity index (χ4n) is 5.67. The summed E-state index contributed by atoms with van der Waals surface area (Å²) in [6, 6.07) is 0. The summed E-state index contributed by atoms with van der Waals surface area (Å²) in [5.74, 6) is 4.29. The van der Waals surface area contributed by atoms with E-state index in [1.165, 1.54) is 32.1 Å². The van der Waals surface area contributed by atoms with Crippen molar-refractivity contribution in [2.24, 2.45) is 29.1 Å². The van der Waals surface area contributed by atoms with Gasteiger partial charge in [-0.3, -0.25) is 0 Å². The summed E-state index contributed by atoms with van der Waals surface area (Å²) < 4.78 is 0. The van der Waals surface area contributed by atoms with Gasteiger partial charge in [-0.15, -0.1) is 0 Å². The molecule has 0 amide bonds. The molecule has 2 atom stereocenters. The summed E-state index contributed by atoms with van der Waals surface area (Å²) in [5, 5.41) is 0. The van der Waals surface area contributed by atoms with Gasteiger partial charge in [-0.25, -0.2) is 0 Å². The van der Waals surface area contributed by atoms with Crippen LogP contribution in [0.1, 0.15) is 118 Å². The first-order valence-electron chi connectivity index (χ1n) is 11.2. The molecule has 0 radical (unpaired) electrons. The minimum Gasteiger partial charge on any atom is -0.0683 e. The number of hydrogen-bond donors (Lipinski definition) is 0. The van der Waals surface area contributed by atoms with E-state index in [4.69, 9.17) is 0 Å². The molecule has 136 valence electrons.